The van der Waals surface area contributed by atoms with Crippen LogP contribution in [0.15, 0.2) is 388 Å². The largest absolute Gasteiger partial charge is 0.417 e. The predicted octanol–water partition coefficient (Wildman–Crippen LogP) is 32.9. The van der Waals surface area contributed by atoms with Crippen LogP contribution in [0.2, 0.25) is 0 Å². The van der Waals surface area contributed by atoms with E-state index >= 15 is 52.7 Å². The summed E-state index contributed by atoms with van der Waals surface area (Å²) in [5.74, 6) is 0. The molecule has 22 rings (SSSR count). The third-order valence-electron chi connectivity index (χ3n) is 25.3. The summed E-state index contributed by atoms with van der Waals surface area (Å²) >= 11 is 0. The van der Waals surface area contributed by atoms with Gasteiger partial charge in [0.2, 0.25) is 0 Å². The molecule has 0 aliphatic carbocycles. The highest BCUT2D eigenvalue weighted by Crippen LogP contribution is 2.55. The van der Waals surface area contributed by atoms with Crippen LogP contribution in [-0.2, 0) is 24.7 Å². The molecule has 0 saturated carbocycles. The molecule has 18 heteroatoms. The molecule has 0 atom stereocenters. The summed E-state index contributed by atoms with van der Waals surface area (Å²) in [6.45, 7) is 0. The minimum Gasteiger partial charge on any atom is -0.307 e. The average Bonchev–Trinajstić information content (AvgIpc) is 1.55. The van der Waals surface area contributed by atoms with E-state index in [2.05, 4.69) is 6.07 Å². The fourth-order valence-corrected chi connectivity index (χ4v) is 19.5. The first-order chi connectivity index (χ1) is 63.9. The van der Waals surface area contributed by atoms with Gasteiger partial charge in [-0.15, -0.1) is 0 Å². The normalized spacial score (nSPS) is 12.2. The molecular formula is C114H64F12N6. The molecule has 0 radical (unpaired) electrons. The fraction of sp³-hybridized carbons (Fsp3) is 0.0351. The number of alkyl halides is 12. The smallest absolute Gasteiger partial charge is 0.307 e. The van der Waals surface area contributed by atoms with Crippen LogP contribution in [0, 0.1) is 22.7 Å². The fourth-order valence-electron chi connectivity index (χ4n) is 19.5. The van der Waals surface area contributed by atoms with Gasteiger partial charge < -0.3 is 18.3 Å². The standard InChI is InChI=1S/C114H64F12N6/c115-111(116,117)92-38-23-39-93(112(118,119)120)109(92)88-63-106(131-100-57-75(69-28-11-3-12-29-69)42-47-84(100)85-48-43-76(58-101(85)131)70-30-13-4-14-31-70)104(62-80(88)65-127)132-102-59-77(71-32-15-5-16-33-71)44-49-86(102)108-87(54-78(60-107(108)132)72-34-17-6-18-35-72)79-55-94(113(121,122)123)110(95(56-79)114(124,125)126)89-64-105(130-97-41-22-20-37-83(97)91-53-74(46-51-99(91)130)68-26-9-2-10-27-68)103(61-81(89)66-128)129-96-40-21-19-36-82(96)90-52-73(45-50-98(90)129)67-24-7-1-8-25-67/h1-64H. The van der Waals surface area contributed by atoms with Gasteiger partial charge in [-0.05, 0) is 193 Å². The van der Waals surface area contributed by atoms with Crippen molar-refractivity contribution in [2.24, 2.45) is 0 Å². The molecule has 0 amide bonds. The molecule has 0 spiro atoms. The second-order valence-electron chi connectivity index (χ2n) is 32.8. The van der Waals surface area contributed by atoms with E-state index in [-0.39, 0.29) is 55.7 Å². The Balaban J connectivity index is 0.871. The van der Waals surface area contributed by atoms with E-state index in [0.29, 0.717) is 113 Å². The van der Waals surface area contributed by atoms with Gasteiger partial charge >= 0.3 is 24.7 Å². The third kappa shape index (κ3) is 13.6. The van der Waals surface area contributed by atoms with Gasteiger partial charge in [0.05, 0.1) is 112 Å². The van der Waals surface area contributed by atoms with Crippen molar-refractivity contribution < 1.29 is 52.7 Å². The molecule has 0 N–H and O–H groups in total. The van der Waals surface area contributed by atoms with E-state index in [4.69, 9.17) is 0 Å². The van der Waals surface area contributed by atoms with Crippen LogP contribution in [0.4, 0.5) is 52.7 Å². The molecular weight excluding hydrogens is 1680 g/mol. The zero-order valence-electron chi connectivity index (χ0n) is 69.2. The van der Waals surface area contributed by atoms with Gasteiger partial charge in [-0.2, -0.15) is 63.2 Å². The Hall–Kier alpha value is -16.7. The number of benzene rings is 18. The predicted molar refractivity (Wildman–Crippen MR) is 502 cm³/mol. The first-order valence-corrected chi connectivity index (χ1v) is 42.3. The van der Waals surface area contributed by atoms with Gasteiger partial charge in [0.1, 0.15) is 0 Å². The molecule has 18 aromatic carbocycles. The molecule has 0 aliphatic heterocycles. The highest BCUT2D eigenvalue weighted by atomic mass is 19.4. The highest BCUT2D eigenvalue weighted by Gasteiger charge is 2.45. The Morgan fingerprint density at radius 2 is 0.462 bits per heavy atom. The number of para-hydroxylation sites is 2. The summed E-state index contributed by atoms with van der Waals surface area (Å²) in [6.07, 6.45) is -22.3. The minimum absolute atomic E-state index is 0.0294. The number of rotatable bonds is 13. The van der Waals surface area contributed by atoms with Crippen molar-refractivity contribution in [1.29, 1.82) is 10.5 Å². The molecule has 0 fully saturated rings. The zero-order chi connectivity index (χ0) is 90.4. The number of aromatic nitrogens is 4. The number of hydrogen-bond donors (Lipinski definition) is 0. The van der Waals surface area contributed by atoms with Crippen LogP contribution >= 0.6 is 0 Å². The second-order valence-corrected chi connectivity index (χ2v) is 32.8. The molecule has 0 bridgehead atoms. The van der Waals surface area contributed by atoms with Gasteiger partial charge in [-0.25, -0.2) is 0 Å². The lowest BCUT2D eigenvalue weighted by molar-refractivity contribution is -0.143. The van der Waals surface area contributed by atoms with E-state index < -0.39 is 85.9 Å². The van der Waals surface area contributed by atoms with E-state index in [9.17, 15) is 10.5 Å². The Labute approximate surface area is 745 Å². The van der Waals surface area contributed by atoms with Crippen LogP contribution in [0.5, 0.6) is 0 Å². The summed E-state index contributed by atoms with van der Waals surface area (Å²) < 4.78 is 210. The van der Waals surface area contributed by atoms with Crippen molar-refractivity contribution in [3.63, 3.8) is 0 Å². The Kier molecular flexibility index (Phi) is 19.1. The number of halogens is 12. The van der Waals surface area contributed by atoms with Gasteiger partial charge in [0.15, 0.2) is 0 Å². The third-order valence-corrected chi connectivity index (χ3v) is 25.3. The highest BCUT2D eigenvalue weighted by molar-refractivity contribution is 6.20. The van der Waals surface area contributed by atoms with Gasteiger partial charge in [0, 0.05) is 65.3 Å². The summed E-state index contributed by atoms with van der Waals surface area (Å²) in [5, 5.41) is 28.0. The first-order valence-electron chi connectivity index (χ1n) is 42.3. The topological polar surface area (TPSA) is 67.3 Å². The second kappa shape index (κ2) is 31.1. The van der Waals surface area contributed by atoms with Crippen LogP contribution < -0.4 is 0 Å². The van der Waals surface area contributed by atoms with Crippen LogP contribution in [-0.4, -0.2) is 18.3 Å². The van der Waals surface area contributed by atoms with Crippen molar-refractivity contribution in [3.8, 4) is 135 Å². The Morgan fingerprint density at radius 3 is 0.833 bits per heavy atom. The van der Waals surface area contributed by atoms with Crippen molar-refractivity contribution >= 4 is 87.2 Å². The van der Waals surface area contributed by atoms with Gasteiger partial charge in [-0.1, -0.05) is 273 Å². The molecule has 132 heavy (non-hydrogen) atoms. The monoisotopic (exact) mass is 1740 g/mol. The molecule has 0 saturated heterocycles. The van der Waals surface area contributed by atoms with Crippen molar-refractivity contribution in [2.75, 3.05) is 0 Å². The van der Waals surface area contributed by atoms with E-state index in [1.807, 2.05) is 264 Å². The van der Waals surface area contributed by atoms with Gasteiger partial charge in [-0.3, -0.25) is 0 Å². The average molecular weight is 1750 g/mol. The lowest BCUT2D eigenvalue weighted by atomic mass is 9.85. The molecule has 0 unspecified atom stereocenters. The molecule has 0 aliphatic rings. The van der Waals surface area contributed by atoms with Crippen LogP contribution in [0.1, 0.15) is 33.4 Å². The maximum absolute atomic E-state index is 17.8. The summed E-state index contributed by atoms with van der Waals surface area (Å²) in [4.78, 5) is 0. The summed E-state index contributed by atoms with van der Waals surface area (Å²) in [7, 11) is 0. The first kappa shape index (κ1) is 81.1. The molecule has 634 valence electrons. The van der Waals surface area contributed by atoms with Gasteiger partial charge in [0.25, 0.3) is 0 Å². The van der Waals surface area contributed by atoms with Crippen molar-refractivity contribution in [3.05, 3.63) is 422 Å². The number of fused-ring (bicyclic) bond motifs is 12. The summed E-state index contributed by atoms with van der Waals surface area (Å²) in [5.41, 5.74) is -1.90. The molecule has 22 aromatic rings. The maximum Gasteiger partial charge on any atom is 0.417 e. The molecule has 4 heterocycles. The lowest BCUT2D eigenvalue weighted by Gasteiger charge is -2.24. The number of hydrogen-bond acceptors (Lipinski definition) is 2. The number of nitriles is 2. The SMILES string of the molecule is N#Cc1cc(-n2c3ccccc3c3cc(-c4ccccc4)ccc32)c(-n2c3ccccc3c3cc(-c4ccccc4)ccc32)cc1-c1c(C(F)(F)F)cc(-c2cc(-c3ccccc3)cc3c2c2ccc(-c4ccccc4)cc2n3-c2cc(C#N)c(-c3c(C(F)(F)F)cccc3C(F)(F)F)cc2-n2c3cc(-c4ccccc4)ccc3c3ccc(-c4ccccc4)cc32)cc1C(F)(F)F. The minimum atomic E-state index is -5.68. The Morgan fingerprint density at radius 1 is 0.182 bits per heavy atom. The quantitative estimate of drug-likeness (QED) is 0.108. The van der Waals surface area contributed by atoms with E-state index in [1.165, 1.54) is 24.3 Å². The van der Waals surface area contributed by atoms with Crippen LogP contribution in [0.25, 0.3) is 210 Å². The molecule has 4 aromatic heterocycles. The lowest BCUT2D eigenvalue weighted by Crippen LogP contribution is -2.16. The van der Waals surface area contributed by atoms with Crippen molar-refractivity contribution in [2.45, 2.75) is 24.7 Å². The summed E-state index contributed by atoms with van der Waals surface area (Å²) in [6, 6.07) is 113. The van der Waals surface area contributed by atoms with E-state index in [1.54, 1.807) is 88.0 Å². The zero-order valence-corrected chi connectivity index (χ0v) is 69.2. The molecule has 6 nitrogen and oxygen atoms in total. The maximum atomic E-state index is 17.8. The van der Waals surface area contributed by atoms with Crippen LogP contribution in [0.3, 0.4) is 0 Å². The van der Waals surface area contributed by atoms with E-state index in [0.717, 1.165) is 50.2 Å². The Bertz CT molecular complexity index is 8400. The van der Waals surface area contributed by atoms with Crippen molar-refractivity contribution in [1.82, 2.24) is 18.3 Å². The number of nitrogens with zero attached hydrogens (tertiary/aromatic N) is 6.